The Balaban J connectivity index is 2.18. The predicted octanol–water partition coefficient (Wildman–Crippen LogP) is 1.70. The Bertz CT molecular complexity index is 526. The summed E-state index contributed by atoms with van der Waals surface area (Å²) in [7, 11) is 0. The van der Waals surface area contributed by atoms with Crippen molar-refractivity contribution >= 4 is 11.9 Å². The molecule has 1 amide bonds. The second kappa shape index (κ2) is 5.01. The molecule has 1 atom stereocenters. The van der Waals surface area contributed by atoms with Gasteiger partial charge in [-0.1, -0.05) is 13.0 Å². The van der Waals surface area contributed by atoms with Crippen molar-refractivity contribution in [3.8, 4) is 0 Å². The van der Waals surface area contributed by atoms with Gasteiger partial charge in [0.2, 0.25) is 0 Å². The fourth-order valence-corrected chi connectivity index (χ4v) is 1.93. The minimum atomic E-state index is -1.24. The topological polar surface area (TPSA) is 75.6 Å². The Morgan fingerprint density at radius 1 is 1.37 bits per heavy atom. The van der Waals surface area contributed by atoms with Gasteiger partial charge in [0.25, 0.3) is 5.91 Å². The molecule has 0 aromatic heterocycles. The molecule has 0 saturated carbocycles. The number of carboxylic acids is 1. The van der Waals surface area contributed by atoms with Crippen LogP contribution < -0.4 is 5.32 Å². The zero-order valence-electron chi connectivity index (χ0n) is 11.0. The molecule has 5 heteroatoms. The van der Waals surface area contributed by atoms with Gasteiger partial charge >= 0.3 is 5.97 Å². The van der Waals surface area contributed by atoms with Gasteiger partial charge in [0, 0.05) is 5.56 Å². The van der Waals surface area contributed by atoms with Gasteiger partial charge in [-0.15, -0.1) is 0 Å². The fraction of sp³-hybridized carbons (Fsp3) is 0.429. The maximum Gasteiger partial charge on any atom is 0.329 e. The van der Waals surface area contributed by atoms with Crippen molar-refractivity contribution in [1.82, 2.24) is 5.32 Å². The molecule has 0 aliphatic carbocycles. The number of carboxylic acid groups (broad SMARTS) is 1. The first-order valence-corrected chi connectivity index (χ1v) is 6.22. The second-order valence-electron chi connectivity index (χ2n) is 4.92. The maximum absolute atomic E-state index is 12.1. The Kier molecular flexibility index (Phi) is 3.57. The van der Waals surface area contributed by atoms with Crippen molar-refractivity contribution in [2.75, 3.05) is 0 Å². The van der Waals surface area contributed by atoms with Crippen molar-refractivity contribution in [3.05, 3.63) is 34.9 Å². The lowest BCUT2D eigenvalue weighted by molar-refractivity contribution is -0.143. The van der Waals surface area contributed by atoms with E-state index in [1.165, 1.54) is 6.92 Å². The van der Waals surface area contributed by atoms with Gasteiger partial charge in [0.15, 0.2) is 0 Å². The van der Waals surface area contributed by atoms with Crippen molar-refractivity contribution in [2.45, 2.75) is 39.0 Å². The van der Waals surface area contributed by atoms with E-state index in [2.05, 4.69) is 5.32 Å². The third-order valence-corrected chi connectivity index (χ3v) is 3.55. The van der Waals surface area contributed by atoms with E-state index < -0.39 is 11.5 Å². The second-order valence-corrected chi connectivity index (χ2v) is 4.92. The number of benzene rings is 1. The molecule has 0 spiro atoms. The number of aliphatic carboxylic acids is 1. The third-order valence-electron chi connectivity index (χ3n) is 3.55. The largest absolute Gasteiger partial charge is 0.480 e. The highest BCUT2D eigenvalue weighted by Gasteiger charge is 2.33. The van der Waals surface area contributed by atoms with E-state index >= 15 is 0 Å². The van der Waals surface area contributed by atoms with E-state index in [-0.39, 0.29) is 5.91 Å². The molecular formula is C14H17NO4. The standard InChI is InChI=1S/C14H17NO4/c1-3-14(2,13(17)18)15-12(16)9-4-5-10-7-19-8-11(10)6-9/h4-6H,3,7-8H2,1-2H3,(H,15,16)(H,17,18). The number of hydrogen-bond donors (Lipinski definition) is 2. The molecule has 2 rings (SSSR count). The minimum absolute atomic E-state index is 0.322. The summed E-state index contributed by atoms with van der Waals surface area (Å²) >= 11 is 0. The zero-order chi connectivity index (χ0) is 14.0. The smallest absolute Gasteiger partial charge is 0.329 e. The van der Waals surface area contributed by atoms with E-state index in [0.29, 0.717) is 25.2 Å². The van der Waals surface area contributed by atoms with Gasteiger partial charge in [-0.3, -0.25) is 4.79 Å². The summed E-state index contributed by atoms with van der Waals surface area (Å²) in [5.41, 5.74) is 1.28. The first-order valence-electron chi connectivity index (χ1n) is 6.22. The van der Waals surface area contributed by atoms with Crippen LogP contribution in [0.3, 0.4) is 0 Å². The third kappa shape index (κ3) is 2.61. The predicted molar refractivity (Wildman–Crippen MR) is 68.7 cm³/mol. The van der Waals surface area contributed by atoms with E-state index in [1.807, 2.05) is 6.07 Å². The summed E-state index contributed by atoms with van der Waals surface area (Å²) in [5, 5.41) is 11.7. The molecule has 0 fully saturated rings. The summed E-state index contributed by atoms with van der Waals surface area (Å²) in [6.45, 7) is 4.30. The van der Waals surface area contributed by atoms with Crippen molar-refractivity contribution in [1.29, 1.82) is 0 Å². The molecule has 19 heavy (non-hydrogen) atoms. The summed E-state index contributed by atoms with van der Waals surface area (Å²) < 4.78 is 5.28. The van der Waals surface area contributed by atoms with Crippen LogP contribution in [0.5, 0.6) is 0 Å². The van der Waals surface area contributed by atoms with Crippen LogP contribution in [-0.4, -0.2) is 22.5 Å². The molecule has 0 bridgehead atoms. The molecule has 0 saturated heterocycles. The van der Waals surface area contributed by atoms with Gasteiger partial charge in [-0.05, 0) is 36.6 Å². The van der Waals surface area contributed by atoms with Crippen LogP contribution in [0.2, 0.25) is 0 Å². The van der Waals surface area contributed by atoms with Crippen LogP contribution in [0.25, 0.3) is 0 Å². The lowest BCUT2D eigenvalue weighted by atomic mass is 9.98. The van der Waals surface area contributed by atoms with Gasteiger partial charge in [0.05, 0.1) is 13.2 Å². The van der Waals surface area contributed by atoms with Gasteiger partial charge in [-0.25, -0.2) is 4.79 Å². The Morgan fingerprint density at radius 2 is 2.05 bits per heavy atom. The van der Waals surface area contributed by atoms with E-state index in [1.54, 1.807) is 19.1 Å². The molecule has 0 radical (unpaired) electrons. The summed E-state index contributed by atoms with van der Waals surface area (Å²) in [6, 6.07) is 5.30. The van der Waals surface area contributed by atoms with E-state index in [0.717, 1.165) is 11.1 Å². The molecule has 1 heterocycles. The molecule has 1 aliphatic rings. The number of fused-ring (bicyclic) bond motifs is 1. The molecule has 1 unspecified atom stereocenters. The molecular weight excluding hydrogens is 246 g/mol. The zero-order valence-corrected chi connectivity index (χ0v) is 11.0. The van der Waals surface area contributed by atoms with Crippen LogP contribution >= 0.6 is 0 Å². The lowest BCUT2D eigenvalue weighted by Crippen LogP contribution is -2.51. The number of carbonyl (C=O) groups is 2. The van der Waals surface area contributed by atoms with Crippen molar-refractivity contribution in [2.24, 2.45) is 0 Å². The van der Waals surface area contributed by atoms with Gasteiger partial charge in [0.1, 0.15) is 5.54 Å². The molecule has 1 aliphatic heterocycles. The summed E-state index contributed by atoms with van der Waals surface area (Å²) in [4.78, 5) is 23.3. The Hall–Kier alpha value is -1.88. The maximum atomic E-state index is 12.1. The summed E-state index contributed by atoms with van der Waals surface area (Å²) in [5.74, 6) is -1.41. The molecule has 5 nitrogen and oxygen atoms in total. The highest BCUT2D eigenvalue weighted by atomic mass is 16.5. The molecule has 102 valence electrons. The first-order chi connectivity index (χ1) is 8.96. The normalized spacial score (nSPS) is 16.5. The SMILES string of the molecule is CCC(C)(NC(=O)c1ccc2c(c1)COC2)C(=O)O. The minimum Gasteiger partial charge on any atom is -0.480 e. The fourth-order valence-electron chi connectivity index (χ4n) is 1.93. The number of rotatable bonds is 4. The summed E-state index contributed by atoms with van der Waals surface area (Å²) in [6.07, 6.45) is 0.322. The van der Waals surface area contributed by atoms with Gasteiger partial charge in [-0.2, -0.15) is 0 Å². The Labute approximate surface area is 111 Å². The molecule has 2 N–H and O–H groups in total. The number of hydrogen-bond acceptors (Lipinski definition) is 3. The van der Waals surface area contributed by atoms with Crippen LogP contribution in [0.1, 0.15) is 41.8 Å². The monoisotopic (exact) mass is 263 g/mol. The Morgan fingerprint density at radius 3 is 2.68 bits per heavy atom. The van der Waals surface area contributed by atoms with Crippen LogP contribution in [0.4, 0.5) is 0 Å². The van der Waals surface area contributed by atoms with Crippen molar-refractivity contribution in [3.63, 3.8) is 0 Å². The molecule has 1 aromatic rings. The highest BCUT2D eigenvalue weighted by molar-refractivity contribution is 5.98. The van der Waals surface area contributed by atoms with E-state index in [9.17, 15) is 9.59 Å². The van der Waals surface area contributed by atoms with E-state index in [4.69, 9.17) is 9.84 Å². The number of carbonyl (C=O) groups excluding carboxylic acids is 1. The average molecular weight is 263 g/mol. The van der Waals surface area contributed by atoms with Crippen LogP contribution in [0.15, 0.2) is 18.2 Å². The number of nitrogens with one attached hydrogen (secondary N) is 1. The van der Waals surface area contributed by atoms with Gasteiger partial charge < -0.3 is 15.2 Å². The molecule has 1 aromatic carbocycles. The lowest BCUT2D eigenvalue weighted by Gasteiger charge is -2.24. The number of ether oxygens (including phenoxy) is 1. The number of amides is 1. The highest BCUT2D eigenvalue weighted by Crippen LogP contribution is 2.21. The first kappa shape index (κ1) is 13.5. The average Bonchev–Trinajstić information content (AvgIpc) is 2.85. The van der Waals surface area contributed by atoms with Crippen LogP contribution in [-0.2, 0) is 22.7 Å². The quantitative estimate of drug-likeness (QED) is 0.867. The van der Waals surface area contributed by atoms with Crippen LogP contribution in [0, 0.1) is 0 Å². The van der Waals surface area contributed by atoms with Crippen molar-refractivity contribution < 1.29 is 19.4 Å².